The number of ether oxygens (including phenoxy) is 1. The normalized spacial score (nSPS) is 12.0. The largest absolute Gasteiger partial charge is 0.478 e. The molecule has 116 valence electrons. The number of hydrogen-bond acceptors (Lipinski definition) is 3. The molecule has 0 bridgehead atoms. The molecule has 0 spiro atoms. The lowest BCUT2D eigenvalue weighted by Gasteiger charge is -2.16. The van der Waals surface area contributed by atoms with Crippen LogP contribution in [0, 0.1) is 0 Å². The first-order valence-electron chi connectivity index (χ1n) is 7.28. The van der Waals surface area contributed by atoms with Crippen molar-refractivity contribution in [3.63, 3.8) is 0 Å². The SMILES string of the molecule is COC(CNCc1cccc(C(=O)O)c1)Cc1ccccc1. The molecule has 0 radical (unpaired) electrons. The molecule has 2 aromatic carbocycles. The highest BCUT2D eigenvalue weighted by Gasteiger charge is 2.08. The van der Waals surface area contributed by atoms with Gasteiger partial charge >= 0.3 is 5.97 Å². The van der Waals surface area contributed by atoms with Crippen LogP contribution in [-0.2, 0) is 17.7 Å². The summed E-state index contributed by atoms with van der Waals surface area (Å²) in [6.45, 7) is 1.33. The molecule has 0 aliphatic rings. The van der Waals surface area contributed by atoms with E-state index in [0.717, 1.165) is 12.0 Å². The van der Waals surface area contributed by atoms with E-state index in [1.165, 1.54) is 5.56 Å². The summed E-state index contributed by atoms with van der Waals surface area (Å²) in [5, 5.41) is 12.3. The van der Waals surface area contributed by atoms with E-state index in [2.05, 4.69) is 17.4 Å². The lowest BCUT2D eigenvalue weighted by atomic mass is 10.1. The van der Waals surface area contributed by atoms with Crippen molar-refractivity contribution >= 4 is 5.97 Å². The van der Waals surface area contributed by atoms with Crippen LogP contribution in [-0.4, -0.2) is 30.8 Å². The van der Waals surface area contributed by atoms with Gasteiger partial charge in [-0.25, -0.2) is 4.79 Å². The van der Waals surface area contributed by atoms with Gasteiger partial charge in [0.05, 0.1) is 11.7 Å². The molecule has 0 aromatic heterocycles. The fourth-order valence-corrected chi connectivity index (χ4v) is 2.31. The number of benzene rings is 2. The number of carboxylic acids is 1. The first-order valence-corrected chi connectivity index (χ1v) is 7.28. The third-order valence-electron chi connectivity index (χ3n) is 3.51. The Morgan fingerprint density at radius 1 is 1.14 bits per heavy atom. The maximum absolute atomic E-state index is 10.9. The number of carbonyl (C=O) groups is 1. The van der Waals surface area contributed by atoms with Crippen molar-refractivity contribution in [2.75, 3.05) is 13.7 Å². The molecule has 22 heavy (non-hydrogen) atoms. The Hall–Kier alpha value is -2.17. The van der Waals surface area contributed by atoms with Gasteiger partial charge in [0.25, 0.3) is 0 Å². The van der Waals surface area contributed by atoms with Gasteiger partial charge < -0.3 is 15.2 Å². The van der Waals surface area contributed by atoms with E-state index < -0.39 is 5.97 Å². The first kappa shape index (κ1) is 16.2. The minimum absolute atomic E-state index is 0.0880. The molecule has 0 aliphatic carbocycles. The summed E-state index contributed by atoms with van der Waals surface area (Å²) in [4.78, 5) is 10.9. The summed E-state index contributed by atoms with van der Waals surface area (Å²) in [5.41, 5.74) is 2.50. The smallest absolute Gasteiger partial charge is 0.335 e. The zero-order chi connectivity index (χ0) is 15.8. The summed E-state index contributed by atoms with van der Waals surface area (Å²) in [6.07, 6.45) is 0.935. The summed E-state index contributed by atoms with van der Waals surface area (Å²) in [7, 11) is 1.71. The van der Waals surface area contributed by atoms with Crippen molar-refractivity contribution in [1.82, 2.24) is 5.32 Å². The van der Waals surface area contributed by atoms with Crippen LogP contribution in [0.2, 0.25) is 0 Å². The predicted molar refractivity (Wildman–Crippen MR) is 86.1 cm³/mol. The second-order valence-electron chi connectivity index (χ2n) is 5.18. The summed E-state index contributed by atoms with van der Waals surface area (Å²) in [5.74, 6) is -0.902. The molecule has 0 saturated carbocycles. The van der Waals surface area contributed by atoms with Gasteiger partial charge in [-0.15, -0.1) is 0 Å². The first-order chi connectivity index (χ1) is 10.7. The van der Waals surface area contributed by atoms with Crippen molar-refractivity contribution in [2.24, 2.45) is 0 Å². The number of carboxylic acid groups (broad SMARTS) is 1. The van der Waals surface area contributed by atoms with Crippen LogP contribution in [0.1, 0.15) is 21.5 Å². The summed E-state index contributed by atoms with van der Waals surface area (Å²) in [6, 6.07) is 17.2. The number of hydrogen-bond donors (Lipinski definition) is 2. The van der Waals surface area contributed by atoms with Crippen molar-refractivity contribution in [3.05, 3.63) is 71.3 Å². The average molecular weight is 299 g/mol. The van der Waals surface area contributed by atoms with E-state index in [1.54, 1.807) is 25.3 Å². The zero-order valence-electron chi connectivity index (χ0n) is 12.7. The maximum Gasteiger partial charge on any atom is 0.335 e. The molecule has 1 unspecified atom stereocenters. The Morgan fingerprint density at radius 3 is 2.55 bits per heavy atom. The molecule has 2 aromatic rings. The quantitative estimate of drug-likeness (QED) is 0.787. The number of aromatic carboxylic acids is 1. The van der Waals surface area contributed by atoms with Gasteiger partial charge in [0.2, 0.25) is 0 Å². The highest BCUT2D eigenvalue weighted by Crippen LogP contribution is 2.07. The summed E-state index contributed by atoms with van der Waals surface area (Å²) >= 11 is 0. The molecule has 4 heteroatoms. The average Bonchev–Trinajstić information content (AvgIpc) is 2.55. The Kier molecular flexibility index (Phi) is 6.13. The Labute approximate surface area is 130 Å². The molecular formula is C18H21NO3. The molecule has 0 amide bonds. The van der Waals surface area contributed by atoms with E-state index in [9.17, 15) is 4.79 Å². The monoisotopic (exact) mass is 299 g/mol. The van der Waals surface area contributed by atoms with Crippen LogP contribution in [0.5, 0.6) is 0 Å². The third-order valence-corrected chi connectivity index (χ3v) is 3.51. The van der Waals surface area contributed by atoms with Crippen molar-refractivity contribution in [2.45, 2.75) is 19.1 Å². The van der Waals surface area contributed by atoms with Gasteiger partial charge in [0.1, 0.15) is 0 Å². The standard InChI is InChI=1S/C18H21NO3/c1-22-17(11-14-6-3-2-4-7-14)13-19-12-15-8-5-9-16(10-15)18(20)21/h2-10,17,19H,11-13H2,1H3,(H,20,21). The Balaban J connectivity index is 1.83. The molecule has 4 nitrogen and oxygen atoms in total. The van der Waals surface area contributed by atoms with E-state index in [1.807, 2.05) is 24.3 Å². The molecule has 1 atom stereocenters. The number of nitrogens with one attached hydrogen (secondary N) is 1. The molecule has 0 heterocycles. The van der Waals surface area contributed by atoms with Crippen LogP contribution >= 0.6 is 0 Å². The van der Waals surface area contributed by atoms with E-state index in [4.69, 9.17) is 9.84 Å². The van der Waals surface area contributed by atoms with E-state index in [-0.39, 0.29) is 6.10 Å². The van der Waals surface area contributed by atoms with Gasteiger partial charge in [-0.05, 0) is 29.7 Å². The second-order valence-corrected chi connectivity index (χ2v) is 5.18. The second kappa shape index (κ2) is 8.32. The van der Waals surface area contributed by atoms with Gasteiger partial charge in [0.15, 0.2) is 0 Å². The number of methoxy groups -OCH3 is 1. The Morgan fingerprint density at radius 2 is 1.86 bits per heavy atom. The van der Waals surface area contributed by atoms with Crippen LogP contribution in [0.3, 0.4) is 0 Å². The maximum atomic E-state index is 10.9. The molecule has 2 N–H and O–H groups in total. The van der Waals surface area contributed by atoms with Crippen LogP contribution < -0.4 is 5.32 Å². The molecule has 0 aliphatic heterocycles. The minimum Gasteiger partial charge on any atom is -0.478 e. The van der Waals surface area contributed by atoms with Gasteiger partial charge in [-0.3, -0.25) is 0 Å². The third kappa shape index (κ3) is 4.98. The van der Waals surface area contributed by atoms with Crippen molar-refractivity contribution in [1.29, 1.82) is 0 Å². The molecule has 0 fully saturated rings. The van der Waals surface area contributed by atoms with Crippen LogP contribution in [0.4, 0.5) is 0 Å². The highest BCUT2D eigenvalue weighted by atomic mass is 16.5. The topological polar surface area (TPSA) is 58.6 Å². The highest BCUT2D eigenvalue weighted by molar-refractivity contribution is 5.87. The fourth-order valence-electron chi connectivity index (χ4n) is 2.31. The number of rotatable bonds is 8. The van der Waals surface area contributed by atoms with Gasteiger partial charge in [-0.2, -0.15) is 0 Å². The lowest BCUT2D eigenvalue weighted by Crippen LogP contribution is -2.29. The molecular weight excluding hydrogens is 278 g/mol. The lowest BCUT2D eigenvalue weighted by molar-refractivity contribution is 0.0696. The van der Waals surface area contributed by atoms with Gasteiger partial charge in [0, 0.05) is 20.2 Å². The summed E-state index contributed by atoms with van der Waals surface area (Å²) < 4.78 is 5.50. The molecule has 0 saturated heterocycles. The predicted octanol–water partition coefficient (Wildman–Crippen LogP) is 2.73. The van der Waals surface area contributed by atoms with Crippen LogP contribution in [0.25, 0.3) is 0 Å². The van der Waals surface area contributed by atoms with Gasteiger partial charge in [-0.1, -0.05) is 42.5 Å². The minimum atomic E-state index is -0.902. The van der Waals surface area contributed by atoms with E-state index in [0.29, 0.717) is 18.7 Å². The zero-order valence-corrected chi connectivity index (χ0v) is 12.7. The van der Waals surface area contributed by atoms with Crippen LogP contribution in [0.15, 0.2) is 54.6 Å². The van der Waals surface area contributed by atoms with Crippen molar-refractivity contribution in [3.8, 4) is 0 Å². The van der Waals surface area contributed by atoms with Crippen molar-refractivity contribution < 1.29 is 14.6 Å². The van der Waals surface area contributed by atoms with E-state index >= 15 is 0 Å². The fraction of sp³-hybridized carbons (Fsp3) is 0.278. The Bertz CT molecular complexity index is 598. The molecule has 2 rings (SSSR count).